The highest BCUT2D eigenvalue weighted by Gasteiger charge is 2.25. The Balaban J connectivity index is 2.18. The van der Waals surface area contributed by atoms with Gasteiger partial charge in [-0.2, -0.15) is 5.10 Å². The number of nitrogens with zero attached hydrogens (tertiary/aromatic N) is 3. The van der Waals surface area contributed by atoms with Gasteiger partial charge in [-0.15, -0.1) is 0 Å². The van der Waals surface area contributed by atoms with Crippen molar-refractivity contribution in [2.45, 2.75) is 13.0 Å². The normalized spacial score (nSPS) is 21.2. The molecule has 0 aliphatic carbocycles. The fourth-order valence-corrected chi connectivity index (χ4v) is 2.44. The Morgan fingerprint density at radius 2 is 2.44 bits per heavy atom. The zero-order chi connectivity index (χ0) is 11.7. The number of hydrogen-bond acceptors (Lipinski definition) is 3. The van der Waals surface area contributed by atoms with Crippen molar-refractivity contribution in [1.82, 2.24) is 20.0 Å². The molecular formula is C10H15BrN4O. The van der Waals surface area contributed by atoms with E-state index >= 15 is 0 Å². The van der Waals surface area contributed by atoms with Crippen molar-refractivity contribution < 1.29 is 4.79 Å². The molecule has 0 radical (unpaired) electrons. The summed E-state index contributed by atoms with van der Waals surface area (Å²) >= 11 is 3.35. The van der Waals surface area contributed by atoms with E-state index in [0.29, 0.717) is 11.7 Å². The summed E-state index contributed by atoms with van der Waals surface area (Å²) in [5.41, 5.74) is 0.620. The summed E-state index contributed by atoms with van der Waals surface area (Å²) in [5.74, 6) is 0.0419. The van der Waals surface area contributed by atoms with Crippen molar-refractivity contribution in [3.05, 3.63) is 16.4 Å². The lowest BCUT2D eigenvalue weighted by atomic mass is 10.2. The highest BCUT2D eigenvalue weighted by atomic mass is 79.9. The van der Waals surface area contributed by atoms with E-state index in [1.54, 1.807) is 17.9 Å². The van der Waals surface area contributed by atoms with Gasteiger partial charge in [-0.3, -0.25) is 9.48 Å². The van der Waals surface area contributed by atoms with E-state index in [-0.39, 0.29) is 5.91 Å². The molecule has 0 bridgehead atoms. The van der Waals surface area contributed by atoms with Crippen molar-refractivity contribution in [3.8, 4) is 0 Å². The van der Waals surface area contributed by atoms with Crippen molar-refractivity contribution in [1.29, 1.82) is 0 Å². The largest absolute Gasteiger partial charge is 0.334 e. The minimum Gasteiger partial charge on any atom is -0.334 e. The molecule has 1 amide bonds. The van der Waals surface area contributed by atoms with Gasteiger partial charge in [0.05, 0.1) is 10.7 Å². The van der Waals surface area contributed by atoms with Crippen LogP contribution in [0.3, 0.4) is 0 Å². The van der Waals surface area contributed by atoms with Gasteiger partial charge in [-0.1, -0.05) is 0 Å². The quantitative estimate of drug-likeness (QED) is 0.823. The summed E-state index contributed by atoms with van der Waals surface area (Å²) in [4.78, 5) is 14.1. The van der Waals surface area contributed by atoms with Crippen molar-refractivity contribution >= 4 is 21.8 Å². The number of aromatic nitrogens is 2. The van der Waals surface area contributed by atoms with Crippen LogP contribution in [0, 0.1) is 0 Å². The number of carbonyl (C=O) groups excluding carboxylic acids is 1. The first-order valence-electron chi connectivity index (χ1n) is 5.29. The van der Waals surface area contributed by atoms with Crippen LogP contribution in [0.5, 0.6) is 0 Å². The Kier molecular flexibility index (Phi) is 3.30. The highest BCUT2D eigenvalue weighted by molar-refractivity contribution is 9.10. The Morgan fingerprint density at radius 3 is 3.00 bits per heavy atom. The van der Waals surface area contributed by atoms with Crippen LogP contribution in [0.2, 0.25) is 0 Å². The van der Waals surface area contributed by atoms with Crippen molar-refractivity contribution in [2.24, 2.45) is 7.05 Å². The topological polar surface area (TPSA) is 50.2 Å². The van der Waals surface area contributed by atoms with Crippen LogP contribution in [-0.2, 0) is 7.05 Å². The maximum Gasteiger partial charge on any atom is 0.273 e. The van der Waals surface area contributed by atoms with Crippen molar-refractivity contribution in [3.63, 3.8) is 0 Å². The van der Waals surface area contributed by atoms with Crippen LogP contribution >= 0.6 is 15.9 Å². The van der Waals surface area contributed by atoms with Crippen molar-refractivity contribution in [2.75, 3.05) is 19.6 Å². The van der Waals surface area contributed by atoms with E-state index in [1.165, 1.54) is 0 Å². The molecule has 6 heteroatoms. The molecule has 0 aromatic carbocycles. The molecule has 1 N–H and O–H groups in total. The molecule has 2 heterocycles. The van der Waals surface area contributed by atoms with E-state index in [4.69, 9.17) is 0 Å². The number of nitrogens with one attached hydrogen (secondary N) is 1. The number of hydrogen-bond donors (Lipinski definition) is 1. The lowest BCUT2D eigenvalue weighted by Crippen LogP contribution is -2.51. The van der Waals surface area contributed by atoms with Gasteiger partial charge in [-0.05, 0) is 22.9 Å². The Hall–Kier alpha value is -0.880. The van der Waals surface area contributed by atoms with Gasteiger partial charge < -0.3 is 10.2 Å². The number of amides is 1. The van der Waals surface area contributed by atoms with Gasteiger partial charge in [0, 0.05) is 32.7 Å². The molecule has 1 aromatic rings. The van der Waals surface area contributed by atoms with E-state index in [2.05, 4.69) is 33.3 Å². The summed E-state index contributed by atoms with van der Waals surface area (Å²) < 4.78 is 2.37. The number of rotatable bonds is 1. The molecule has 2 rings (SSSR count). The summed E-state index contributed by atoms with van der Waals surface area (Å²) in [6.45, 7) is 4.43. The van der Waals surface area contributed by atoms with Crippen LogP contribution < -0.4 is 5.32 Å². The molecule has 1 saturated heterocycles. The van der Waals surface area contributed by atoms with Crippen LogP contribution in [-0.4, -0.2) is 46.3 Å². The molecule has 1 fully saturated rings. The van der Waals surface area contributed by atoms with Gasteiger partial charge in [-0.25, -0.2) is 0 Å². The number of carbonyl (C=O) groups is 1. The Morgan fingerprint density at radius 1 is 1.69 bits per heavy atom. The lowest BCUT2D eigenvalue weighted by Gasteiger charge is -2.31. The lowest BCUT2D eigenvalue weighted by molar-refractivity contribution is 0.0697. The third-order valence-corrected chi connectivity index (χ3v) is 3.33. The molecule has 0 spiro atoms. The molecule has 1 aliphatic rings. The SMILES string of the molecule is C[C@@H]1CN(C(=O)c2c(Br)cnn2C)CCN1. The van der Waals surface area contributed by atoms with Gasteiger partial charge in [0.1, 0.15) is 5.69 Å². The monoisotopic (exact) mass is 286 g/mol. The first-order chi connectivity index (χ1) is 7.59. The average Bonchev–Trinajstić information content (AvgIpc) is 2.58. The molecule has 5 nitrogen and oxygen atoms in total. The van der Waals surface area contributed by atoms with E-state index in [0.717, 1.165) is 24.1 Å². The second kappa shape index (κ2) is 4.55. The molecule has 1 aromatic heterocycles. The first-order valence-corrected chi connectivity index (χ1v) is 6.09. The fourth-order valence-electron chi connectivity index (χ4n) is 1.92. The minimum absolute atomic E-state index is 0.0419. The van der Waals surface area contributed by atoms with Gasteiger partial charge in [0.2, 0.25) is 0 Å². The predicted octanol–water partition coefficient (Wildman–Crippen LogP) is 0.616. The maximum absolute atomic E-state index is 12.3. The minimum atomic E-state index is 0.0419. The molecule has 16 heavy (non-hydrogen) atoms. The van der Waals surface area contributed by atoms with Crippen LogP contribution in [0.25, 0.3) is 0 Å². The Bertz CT molecular complexity index is 384. The van der Waals surface area contributed by atoms with E-state index in [9.17, 15) is 4.79 Å². The summed E-state index contributed by atoms with van der Waals surface area (Å²) in [6, 6.07) is 0.352. The van der Waals surface area contributed by atoms with Crippen LogP contribution in [0.15, 0.2) is 10.7 Å². The molecular weight excluding hydrogens is 272 g/mol. The number of halogens is 1. The summed E-state index contributed by atoms with van der Waals surface area (Å²) in [7, 11) is 1.78. The molecule has 0 saturated carbocycles. The van der Waals surface area contributed by atoms with E-state index < -0.39 is 0 Å². The summed E-state index contributed by atoms with van der Waals surface area (Å²) in [6.07, 6.45) is 1.65. The molecule has 88 valence electrons. The smallest absolute Gasteiger partial charge is 0.273 e. The maximum atomic E-state index is 12.3. The second-order valence-electron chi connectivity index (χ2n) is 4.07. The summed E-state index contributed by atoms with van der Waals surface area (Å²) in [5, 5.41) is 7.37. The standard InChI is InChI=1S/C10H15BrN4O/c1-7-6-15(4-3-12-7)10(16)9-8(11)5-13-14(9)2/h5,7,12H,3-4,6H2,1-2H3/t7-/m1/s1. The third-order valence-electron chi connectivity index (χ3n) is 2.75. The average molecular weight is 287 g/mol. The molecule has 1 atom stereocenters. The van der Waals surface area contributed by atoms with Crippen LogP contribution in [0.1, 0.15) is 17.4 Å². The number of aryl methyl sites for hydroxylation is 1. The fraction of sp³-hybridized carbons (Fsp3) is 0.600. The highest BCUT2D eigenvalue weighted by Crippen LogP contribution is 2.17. The second-order valence-corrected chi connectivity index (χ2v) is 4.93. The van der Waals surface area contributed by atoms with Gasteiger partial charge in [0.25, 0.3) is 5.91 Å². The van der Waals surface area contributed by atoms with Gasteiger partial charge >= 0.3 is 0 Å². The molecule has 1 aliphatic heterocycles. The third kappa shape index (κ3) is 2.12. The zero-order valence-electron chi connectivity index (χ0n) is 9.40. The zero-order valence-corrected chi connectivity index (χ0v) is 11.0. The molecule has 0 unspecified atom stereocenters. The Labute approximate surface area is 103 Å². The first kappa shape index (κ1) is 11.6. The van der Waals surface area contributed by atoms with Crippen LogP contribution in [0.4, 0.5) is 0 Å². The van der Waals surface area contributed by atoms with E-state index in [1.807, 2.05) is 4.90 Å². The predicted molar refractivity (Wildman–Crippen MR) is 64.3 cm³/mol. The number of piperazine rings is 1. The van der Waals surface area contributed by atoms with Gasteiger partial charge in [0.15, 0.2) is 0 Å².